The van der Waals surface area contributed by atoms with Gasteiger partial charge in [0.2, 0.25) is 0 Å². The van der Waals surface area contributed by atoms with Gasteiger partial charge in [-0.2, -0.15) is 0 Å². The molecule has 2 aromatic rings. The van der Waals surface area contributed by atoms with E-state index in [9.17, 15) is 9.59 Å². The summed E-state index contributed by atoms with van der Waals surface area (Å²) in [6.07, 6.45) is 2.06. The van der Waals surface area contributed by atoms with Crippen molar-refractivity contribution in [1.29, 1.82) is 0 Å². The Morgan fingerprint density at radius 1 is 1.21 bits per heavy atom. The Kier molecular flexibility index (Phi) is 6.97. The van der Waals surface area contributed by atoms with Crippen LogP contribution in [-0.2, 0) is 4.79 Å². The summed E-state index contributed by atoms with van der Waals surface area (Å²) in [5, 5.41) is 3.35. The average molecular weight is 466 g/mol. The van der Waals surface area contributed by atoms with E-state index in [4.69, 9.17) is 16.3 Å². The topological polar surface area (TPSA) is 58.6 Å². The van der Waals surface area contributed by atoms with Crippen LogP contribution in [0.5, 0.6) is 5.75 Å². The molecule has 0 aromatic heterocycles. The third-order valence-corrected chi connectivity index (χ3v) is 5.57. The molecule has 2 amide bonds. The highest BCUT2D eigenvalue weighted by molar-refractivity contribution is 9.10. The minimum absolute atomic E-state index is 0.00402. The number of ether oxygens (including phenoxy) is 1. The number of nitrogens with one attached hydrogen (secondary N) is 1. The second-order valence-corrected chi connectivity index (χ2v) is 8.26. The fraction of sp³-hybridized carbons (Fsp3) is 0.333. The van der Waals surface area contributed by atoms with Crippen molar-refractivity contribution in [1.82, 2.24) is 4.90 Å². The lowest BCUT2D eigenvalue weighted by Gasteiger charge is -2.30. The smallest absolute Gasteiger partial charge is 0.262 e. The first-order chi connectivity index (χ1) is 13.4. The van der Waals surface area contributed by atoms with Gasteiger partial charge in [-0.25, -0.2) is 0 Å². The van der Waals surface area contributed by atoms with E-state index in [2.05, 4.69) is 28.2 Å². The van der Waals surface area contributed by atoms with Crippen molar-refractivity contribution in [3.05, 3.63) is 57.5 Å². The van der Waals surface area contributed by atoms with Gasteiger partial charge in [0.05, 0.1) is 4.47 Å². The van der Waals surface area contributed by atoms with E-state index in [1.54, 1.807) is 42.5 Å². The predicted molar refractivity (Wildman–Crippen MR) is 114 cm³/mol. The van der Waals surface area contributed by atoms with Gasteiger partial charge in [0, 0.05) is 29.4 Å². The molecule has 0 spiro atoms. The number of nitrogens with zero attached hydrogens (tertiary/aromatic N) is 1. The maximum atomic E-state index is 12.7. The molecular formula is C21H22BrClN2O3. The average Bonchev–Trinajstić information content (AvgIpc) is 2.67. The Morgan fingerprint density at radius 3 is 2.68 bits per heavy atom. The van der Waals surface area contributed by atoms with E-state index >= 15 is 0 Å². The molecule has 1 fully saturated rings. The maximum Gasteiger partial charge on any atom is 0.262 e. The van der Waals surface area contributed by atoms with Gasteiger partial charge < -0.3 is 15.0 Å². The third kappa shape index (κ3) is 5.49. The van der Waals surface area contributed by atoms with Gasteiger partial charge in [0.25, 0.3) is 11.8 Å². The number of carbonyl (C=O) groups excluding carboxylic acids is 2. The summed E-state index contributed by atoms with van der Waals surface area (Å²) in [4.78, 5) is 26.8. The van der Waals surface area contributed by atoms with Crippen molar-refractivity contribution in [3.8, 4) is 5.75 Å². The zero-order chi connectivity index (χ0) is 20.1. The largest absolute Gasteiger partial charge is 0.483 e. The third-order valence-electron chi connectivity index (χ3n) is 4.72. The minimum Gasteiger partial charge on any atom is -0.483 e. The Bertz CT molecular complexity index is 866. The van der Waals surface area contributed by atoms with Crippen molar-refractivity contribution in [2.75, 3.05) is 25.0 Å². The molecule has 7 heteroatoms. The number of hydrogen-bond acceptors (Lipinski definition) is 3. The second-order valence-electron chi connectivity index (χ2n) is 6.97. The molecule has 0 atom stereocenters. The van der Waals surface area contributed by atoms with Gasteiger partial charge in [-0.05, 0) is 71.1 Å². The van der Waals surface area contributed by atoms with Crippen LogP contribution in [0, 0.1) is 5.92 Å². The van der Waals surface area contributed by atoms with Crippen LogP contribution in [0.25, 0.3) is 0 Å². The Morgan fingerprint density at radius 2 is 1.96 bits per heavy atom. The molecule has 148 valence electrons. The highest BCUT2D eigenvalue weighted by Gasteiger charge is 2.21. The maximum absolute atomic E-state index is 12.7. The number of carbonyl (C=O) groups is 2. The molecule has 0 aliphatic carbocycles. The van der Waals surface area contributed by atoms with Crippen molar-refractivity contribution in [2.24, 2.45) is 5.92 Å². The van der Waals surface area contributed by atoms with Gasteiger partial charge in [0.15, 0.2) is 6.61 Å². The van der Waals surface area contributed by atoms with Crippen LogP contribution in [-0.4, -0.2) is 36.4 Å². The SMILES string of the molecule is CC1CCN(C(=O)c2cccc(NC(=O)COc3ccc(Cl)cc3Br)c2)CC1. The highest BCUT2D eigenvalue weighted by Crippen LogP contribution is 2.28. The van der Waals surface area contributed by atoms with Gasteiger partial charge in [-0.15, -0.1) is 0 Å². The van der Waals surface area contributed by atoms with Gasteiger partial charge >= 0.3 is 0 Å². The zero-order valence-electron chi connectivity index (χ0n) is 15.6. The van der Waals surface area contributed by atoms with Crippen LogP contribution >= 0.6 is 27.5 Å². The number of likely N-dealkylation sites (tertiary alicyclic amines) is 1. The second kappa shape index (κ2) is 9.43. The molecule has 3 rings (SSSR count). The summed E-state index contributed by atoms with van der Waals surface area (Å²) in [7, 11) is 0. The van der Waals surface area contributed by atoms with Crippen LogP contribution in [0.4, 0.5) is 5.69 Å². The molecule has 0 unspecified atom stereocenters. The molecule has 0 saturated carbocycles. The monoisotopic (exact) mass is 464 g/mol. The zero-order valence-corrected chi connectivity index (χ0v) is 17.9. The van der Waals surface area contributed by atoms with Crippen LogP contribution in [0.2, 0.25) is 5.02 Å². The molecule has 1 saturated heterocycles. The minimum atomic E-state index is -0.307. The number of amides is 2. The molecule has 1 heterocycles. The van der Waals surface area contributed by atoms with Crippen molar-refractivity contribution in [3.63, 3.8) is 0 Å². The normalized spacial score (nSPS) is 14.6. The van der Waals surface area contributed by atoms with E-state index in [-0.39, 0.29) is 18.4 Å². The number of hydrogen-bond donors (Lipinski definition) is 1. The number of halogens is 2. The highest BCUT2D eigenvalue weighted by atomic mass is 79.9. The molecule has 1 aliphatic rings. The Balaban J connectivity index is 1.57. The molecule has 1 N–H and O–H groups in total. The van der Waals surface area contributed by atoms with Gasteiger partial charge in [0.1, 0.15) is 5.75 Å². The van der Waals surface area contributed by atoms with E-state index < -0.39 is 0 Å². The summed E-state index contributed by atoms with van der Waals surface area (Å²) in [6, 6.07) is 12.1. The van der Waals surface area contributed by atoms with Crippen molar-refractivity contribution >= 4 is 45.0 Å². The van der Waals surface area contributed by atoms with Crippen LogP contribution < -0.4 is 10.1 Å². The lowest BCUT2D eigenvalue weighted by Crippen LogP contribution is -2.37. The van der Waals surface area contributed by atoms with Crippen LogP contribution in [0.3, 0.4) is 0 Å². The lowest BCUT2D eigenvalue weighted by molar-refractivity contribution is -0.118. The first kappa shape index (κ1) is 20.7. The van der Waals surface area contributed by atoms with E-state index in [1.807, 2.05) is 4.90 Å². The quantitative estimate of drug-likeness (QED) is 0.676. The standard InChI is InChI=1S/C21H22BrClN2O3/c1-14-7-9-25(10-8-14)21(27)15-3-2-4-17(11-15)24-20(26)13-28-19-6-5-16(23)12-18(19)22/h2-6,11-12,14H,7-10,13H2,1H3,(H,24,26). The Hall–Kier alpha value is -2.05. The van der Waals surface area contributed by atoms with E-state index in [1.165, 1.54) is 0 Å². The lowest BCUT2D eigenvalue weighted by atomic mass is 9.98. The molecule has 28 heavy (non-hydrogen) atoms. The fourth-order valence-corrected chi connectivity index (χ4v) is 3.85. The summed E-state index contributed by atoms with van der Waals surface area (Å²) in [6.45, 7) is 3.62. The van der Waals surface area contributed by atoms with Crippen molar-refractivity contribution in [2.45, 2.75) is 19.8 Å². The van der Waals surface area contributed by atoms with E-state index in [0.717, 1.165) is 25.9 Å². The molecule has 2 aromatic carbocycles. The first-order valence-corrected chi connectivity index (χ1v) is 10.4. The van der Waals surface area contributed by atoms with Gasteiger partial charge in [-0.1, -0.05) is 24.6 Å². The summed E-state index contributed by atoms with van der Waals surface area (Å²) >= 11 is 9.24. The molecule has 0 bridgehead atoms. The molecule has 0 radical (unpaired) electrons. The summed E-state index contributed by atoms with van der Waals surface area (Å²) in [5.41, 5.74) is 1.15. The van der Waals surface area contributed by atoms with Gasteiger partial charge in [-0.3, -0.25) is 9.59 Å². The van der Waals surface area contributed by atoms with Crippen LogP contribution in [0.15, 0.2) is 46.9 Å². The molecular weight excluding hydrogens is 444 g/mol. The van der Waals surface area contributed by atoms with E-state index in [0.29, 0.717) is 32.4 Å². The number of rotatable bonds is 5. The Labute approximate surface area is 178 Å². The number of benzene rings is 2. The summed E-state index contributed by atoms with van der Waals surface area (Å²) in [5.74, 6) is 0.890. The number of piperidine rings is 1. The van der Waals surface area contributed by atoms with Crippen LogP contribution in [0.1, 0.15) is 30.1 Å². The first-order valence-electron chi connectivity index (χ1n) is 9.19. The fourth-order valence-electron chi connectivity index (χ4n) is 3.06. The summed E-state index contributed by atoms with van der Waals surface area (Å²) < 4.78 is 6.19. The predicted octanol–water partition coefficient (Wildman–Crippen LogP) is 4.99. The molecule has 5 nitrogen and oxygen atoms in total. The van der Waals surface area contributed by atoms with Crippen molar-refractivity contribution < 1.29 is 14.3 Å². The molecule has 1 aliphatic heterocycles. The number of anilines is 1.